The van der Waals surface area contributed by atoms with Gasteiger partial charge in [-0.15, -0.1) is 0 Å². The average molecular weight is 376 g/mol. The Morgan fingerprint density at radius 2 is 1.20 bits per heavy atom. The van der Waals surface area contributed by atoms with Gasteiger partial charge in [0, 0.05) is 17.4 Å². The molecular weight excluding hydrogens is 356 g/mol. The van der Waals surface area contributed by atoms with Crippen molar-refractivity contribution >= 4 is 0 Å². The number of ether oxygens (including phenoxy) is 1. The van der Waals surface area contributed by atoms with Gasteiger partial charge in [0.05, 0.1) is 12.2 Å². The van der Waals surface area contributed by atoms with Gasteiger partial charge in [-0.2, -0.15) is 0 Å². The van der Waals surface area contributed by atoms with Crippen molar-refractivity contribution in [3.05, 3.63) is 91.7 Å². The third-order valence-electron chi connectivity index (χ3n) is 3.46. The second kappa shape index (κ2) is 18.5. The molecule has 0 N–H and O–H groups in total. The van der Waals surface area contributed by atoms with Crippen LogP contribution in [0.4, 0.5) is 0 Å². The molecule has 0 saturated heterocycles. The minimum atomic E-state index is -0.211. The van der Waals surface area contributed by atoms with Crippen LogP contribution in [-0.4, -0.2) is 0 Å². The van der Waals surface area contributed by atoms with E-state index in [0.717, 1.165) is 6.42 Å². The number of rotatable bonds is 5. The van der Waals surface area contributed by atoms with Gasteiger partial charge in [-0.3, -0.25) is 0 Å². The number of benzene rings is 2. The number of hydrogen-bond donors (Lipinski definition) is 0. The van der Waals surface area contributed by atoms with Gasteiger partial charge in [0.2, 0.25) is 0 Å². The molecule has 4 nitrogen and oxygen atoms in total. The van der Waals surface area contributed by atoms with Crippen molar-refractivity contribution in [2.24, 2.45) is 0 Å². The maximum Gasteiger partial charge on any atom is 0 e. The molecule has 25 heavy (non-hydrogen) atoms. The maximum absolute atomic E-state index is 7.50. The Hall–Kier alpha value is -1.85. The minimum absolute atomic E-state index is 0. The molecule has 2 aromatic rings. The summed E-state index contributed by atoms with van der Waals surface area (Å²) in [4.78, 5) is 0. The molecule has 0 radical (unpaired) electrons. The van der Waals surface area contributed by atoms with Crippen LogP contribution in [-0.2, 0) is 48.3 Å². The zero-order valence-electron chi connectivity index (χ0n) is 14.2. The van der Waals surface area contributed by atoms with Gasteiger partial charge in [0.25, 0.3) is 0 Å². The van der Waals surface area contributed by atoms with Gasteiger partial charge < -0.3 is 4.74 Å². The second-order valence-electron chi connectivity index (χ2n) is 4.72. The van der Waals surface area contributed by atoms with Crippen LogP contribution in [0, 0.1) is 20.0 Å². The van der Waals surface area contributed by atoms with E-state index < -0.39 is 0 Å². The van der Waals surface area contributed by atoms with Crippen molar-refractivity contribution in [1.82, 2.24) is 0 Å². The van der Waals surface area contributed by atoms with Crippen molar-refractivity contribution in [2.45, 2.75) is 32.5 Å². The van der Waals surface area contributed by atoms with Crippen molar-refractivity contribution in [3.63, 3.8) is 0 Å². The summed E-state index contributed by atoms with van der Waals surface area (Å²) >= 11 is 0. The summed E-state index contributed by atoms with van der Waals surface area (Å²) in [5.74, 6) is 0. The monoisotopic (exact) mass is 376 g/mol. The summed E-state index contributed by atoms with van der Waals surface area (Å²) in [7, 11) is 0. The fourth-order valence-corrected chi connectivity index (χ4v) is 2.00. The van der Waals surface area contributed by atoms with Gasteiger partial charge >= 0.3 is 33.9 Å². The Morgan fingerprint density at radius 3 is 1.60 bits per heavy atom. The largest absolute Gasteiger partial charge is 0 e. The van der Waals surface area contributed by atoms with E-state index >= 15 is 0 Å². The summed E-state index contributed by atoms with van der Waals surface area (Å²) in [6.45, 7) is 18.5. The Balaban J connectivity index is -0.000000626. The molecule has 5 heteroatoms. The number of hydrogen-bond acceptors (Lipinski definition) is 1. The van der Waals surface area contributed by atoms with Crippen molar-refractivity contribution in [1.29, 1.82) is 0 Å². The predicted molar refractivity (Wildman–Crippen MR) is 87.1 cm³/mol. The Kier molecular flexibility index (Phi) is 20.7. The fraction of sp³-hybridized carbons (Fsp3) is 0.250. The summed E-state index contributed by atoms with van der Waals surface area (Å²) in [5.41, 5.74) is 2.24. The maximum atomic E-state index is 7.50. The van der Waals surface area contributed by atoms with Gasteiger partial charge in [-0.1, -0.05) is 67.6 Å². The van der Waals surface area contributed by atoms with Crippen LogP contribution in [0.1, 0.15) is 31.4 Å². The molecule has 2 aromatic carbocycles. The molecule has 0 spiro atoms. The predicted octanol–water partition coefficient (Wildman–Crippen LogP) is 4.41. The standard InChI is InChI=1S/C17H20O.3CO.Cr/c1-3-17(2,16-12-8-5-9-13-16)18-14-15-10-6-4-7-11-15;3*1-2;/h4-13H,3,14H2,1-2H3;;;;/t17-;;;;/m1..../s1. The molecule has 0 aliphatic heterocycles. The molecule has 0 heterocycles. The van der Waals surface area contributed by atoms with E-state index in [2.05, 4.69) is 70.2 Å². The molecule has 0 aliphatic rings. The van der Waals surface area contributed by atoms with E-state index in [0.29, 0.717) is 6.61 Å². The quantitative estimate of drug-likeness (QED) is 0.563. The molecular formula is C20H20CrO4. The molecule has 1 atom stereocenters. The van der Waals surface area contributed by atoms with Crippen LogP contribution in [0.25, 0.3) is 0 Å². The first-order chi connectivity index (χ1) is 11.7. The molecule has 0 aliphatic carbocycles. The molecule has 2 rings (SSSR count). The normalized spacial score (nSPS) is 10.4. The summed E-state index contributed by atoms with van der Waals surface area (Å²) in [6.07, 6.45) is 0.962. The van der Waals surface area contributed by atoms with E-state index in [9.17, 15) is 0 Å². The van der Waals surface area contributed by atoms with Crippen LogP contribution in [0.15, 0.2) is 60.7 Å². The molecule has 0 amide bonds. The van der Waals surface area contributed by atoms with E-state index in [1.54, 1.807) is 0 Å². The first-order valence-electron chi connectivity index (χ1n) is 7.09. The molecule has 0 unspecified atom stereocenters. The fourth-order valence-electron chi connectivity index (χ4n) is 2.00. The average Bonchev–Trinajstić information content (AvgIpc) is 2.72. The van der Waals surface area contributed by atoms with Crippen LogP contribution >= 0.6 is 0 Å². The van der Waals surface area contributed by atoms with Gasteiger partial charge in [-0.25, -0.2) is 0 Å². The zero-order valence-corrected chi connectivity index (χ0v) is 15.5. The van der Waals surface area contributed by atoms with Gasteiger partial charge in [-0.05, 0) is 24.5 Å². The SMILES string of the molecule is CC[C@@](C)(OCc1ccccc1)c1ccccc1.[C-]#[O+].[C-]#[O+].[C-]#[O+].[Cr]. The molecule has 0 aromatic heterocycles. The topological polar surface area (TPSA) is 68.9 Å². The van der Waals surface area contributed by atoms with E-state index in [1.165, 1.54) is 11.1 Å². The Bertz CT molecular complexity index is 579. The summed E-state index contributed by atoms with van der Waals surface area (Å²) < 4.78 is 28.7. The van der Waals surface area contributed by atoms with Crippen LogP contribution < -0.4 is 0 Å². The Morgan fingerprint density at radius 1 is 0.800 bits per heavy atom. The first kappa shape index (κ1) is 28.0. The Labute approximate surface area is 160 Å². The first-order valence-corrected chi connectivity index (χ1v) is 7.09. The third-order valence-corrected chi connectivity index (χ3v) is 3.46. The third kappa shape index (κ3) is 10.6. The van der Waals surface area contributed by atoms with Crippen LogP contribution in [0.2, 0.25) is 0 Å². The van der Waals surface area contributed by atoms with E-state index in [-0.39, 0.29) is 23.0 Å². The second-order valence-corrected chi connectivity index (χ2v) is 4.72. The smallest absolute Gasteiger partial charge is 0 e. The van der Waals surface area contributed by atoms with Gasteiger partial charge in [0.15, 0.2) is 0 Å². The van der Waals surface area contributed by atoms with Gasteiger partial charge in [0.1, 0.15) is 0 Å². The van der Waals surface area contributed by atoms with Crippen molar-refractivity contribution < 1.29 is 36.1 Å². The molecule has 0 saturated carbocycles. The zero-order chi connectivity index (χ0) is 18.8. The van der Waals surface area contributed by atoms with Crippen molar-refractivity contribution in [2.75, 3.05) is 0 Å². The van der Waals surface area contributed by atoms with E-state index in [4.69, 9.17) is 18.7 Å². The van der Waals surface area contributed by atoms with Crippen molar-refractivity contribution in [3.8, 4) is 0 Å². The summed E-state index contributed by atoms with van der Waals surface area (Å²) in [5, 5.41) is 0. The van der Waals surface area contributed by atoms with Crippen LogP contribution in [0.3, 0.4) is 0 Å². The molecule has 130 valence electrons. The summed E-state index contributed by atoms with van der Waals surface area (Å²) in [6, 6.07) is 20.8. The van der Waals surface area contributed by atoms with Crippen LogP contribution in [0.5, 0.6) is 0 Å². The molecule has 0 bridgehead atoms. The minimum Gasteiger partial charge on any atom is 0 e. The van der Waals surface area contributed by atoms with E-state index in [1.807, 2.05) is 24.3 Å². The molecule has 0 fully saturated rings.